The average Bonchev–Trinajstić information content (AvgIpc) is 3.61. The summed E-state index contributed by atoms with van der Waals surface area (Å²) < 4.78 is 29.6. The second kappa shape index (κ2) is 9.62. The summed E-state index contributed by atoms with van der Waals surface area (Å²) in [6.07, 6.45) is 7.87. The highest BCUT2D eigenvalue weighted by molar-refractivity contribution is 5.53. The summed E-state index contributed by atoms with van der Waals surface area (Å²) >= 11 is 0. The molecular formula is C30H36FN7O3. The first-order valence-electron chi connectivity index (χ1n) is 15.0. The first kappa shape index (κ1) is 25.4. The largest absolute Gasteiger partial charge is 0.508 e. The van der Waals surface area contributed by atoms with Crippen molar-refractivity contribution >= 4 is 5.82 Å². The Labute approximate surface area is 238 Å². The van der Waals surface area contributed by atoms with Crippen molar-refractivity contribution < 1.29 is 19.0 Å². The molecule has 1 N–H and O–H groups in total. The maximum absolute atomic E-state index is 14.5. The van der Waals surface area contributed by atoms with Crippen molar-refractivity contribution in [3.05, 3.63) is 52.5 Å². The summed E-state index contributed by atoms with van der Waals surface area (Å²) in [7, 11) is 0. The van der Waals surface area contributed by atoms with Crippen LogP contribution in [-0.2, 0) is 42.9 Å². The number of hydrogen-bond acceptors (Lipinski definition) is 9. The molecule has 0 bridgehead atoms. The monoisotopic (exact) mass is 561 g/mol. The van der Waals surface area contributed by atoms with Gasteiger partial charge in [0.25, 0.3) is 0 Å². The van der Waals surface area contributed by atoms with Crippen molar-refractivity contribution in [2.24, 2.45) is 0 Å². The number of phenols is 1. The Morgan fingerprint density at radius 2 is 2.07 bits per heavy atom. The van der Waals surface area contributed by atoms with Gasteiger partial charge in [-0.05, 0) is 68.3 Å². The van der Waals surface area contributed by atoms with Gasteiger partial charge in [0.1, 0.15) is 24.3 Å². The molecule has 1 unspecified atom stereocenters. The van der Waals surface area contributed by atoms with Gasteiger partial charge >= 0.3 is 6.01 Å². The molecule has 2 aromatic heterocycles. The van der Waals surface area contributed by atoms with Gasteiger partial charge in [-0.1, -0.05) is 11.3 Å². The van der Waals surface area contributed by atoms with E-state index in [4.69, 9.17) is 19.4 Å². The molecular weight excluding hydrogens is 525 g/mol. The number of halogens is 1. The SMILES string of the molecule is Oc1ccc2c(c1)C1(CCC2)Cc2nc(OC[C@@]34CCCN3C[C@H](F)C4)nc(N3CCCn4nncc4C3)c2CO1. The highest BCUT2D eigenvalue weighted by atomic mass is 19.1. The Morgan fingerprint density at radius 1 is 1.12 bits per heavy atom. The number of aryl methyl sites for hydroxylation is 2. The fourth-order valence-corrected chi connectivity index (χ4v) is 7.99. The number of nitrogens with zero attached hydrogens (tertiary/aromatic N) is 7. The molecule has 1 aliphatic carbocycles. The van der Waals surface area contributed by atoms with Crippen molar-refractivity contribution in [3.63, 3.8) is 0 Å². The van der Waals surface area contributed by atoms with Crippen LogP contribution in [0.1, 0.15) is 66.6 Å². The van der Waals surface area contributed by atoms with Crippen molar-refractivity contribution in [1.29, 1.82) is 0 Å². The van der Waals surface area contributed by atoms with Crippen molar-refractivity contribution in [3.8, 4) is 11.8 Å². The molecule has 6 heterocycles. The predicted molar refractivity (Wildman–Crippen MR) is 147 cm³/mol. The Balaban J connectivity index is 1.17. The fraction of sp³-hybridized carbons (Fsp3) is 0.600. The number of hydrogen-bond donors (Lipinski definition) is 1. The highest BCUT2D eigenvalue weighted by Gasteiger charge is 2.50. The van der Waals surface area contributed by atoms with E-state index in [0.717, 1.165) is 86.5 Å². The molecule has 0 radical (unpaired) electrons. The summed E-state index contributed by atoms with van der Waals surface area (Å²) in [6, 6.07) is 5.99. The van der Waals surface area contributed by atoms with Crippen LogP contribution in [0.15, 0.2) is 24.4 Å². The van der Waals surface area contributed by atoms with E-state index in [1.807, 2.05) is 23.0 Å². The molecule has 8 rings (SSSR count). The van der Waals surface area contributed by atoms with E-state index >= 15 is 0 Å². The Kier molecular flexibility index (Phi) is 5.96. The zero-order valence-electron chi connectivity index (χ0n) is 23.3. The normalized spacial score (nSPS) is 29.1. The van der Waals surface area contributed by atoms with E-state index in [9.17, 15) is 9.50 Å². The lowest BCUT2D eigenvalue weighted by Gasteiger charge is -2.43. The summed E-state index contributed by atoms with van der Waals surface area (Å²) in [5.41, 5.74) is 4.42. The van der Waals surface area contributed by atoms with Crippen LogP contribution in [0.3, 0.4) is 0 Å². The minimum Gasteiger partial charge on any atom is -0.508 e. The minimum atomic E-state index is -0.811. The quantitative estimate of drug-likeness (QED) is 0.513. The number of rotatable bonds is 4. The van der Waals surface area contributed by atoms with Gasteiger partial charge in [0.2, 0.25) is 0 Å². The lowest BCUT2D eigenvalue weighted by Crippen LogP contribution is -2.44. The van der Waals surface area contributed by atoms with E-state index < -0.39 is 11.8 Å². The average molecular weight is 562 g/mol. The summed E-state index contributed by atoms with van der Waals surface area (Å²) in [4.78, 5) is 14.5. The van der Waals surface area contributed by atoms with E-state index in [1.165, 1.54) is 5.56 Å². The standard InChI is InChI=1S/C30H36FN7O3/c31-21-13-29(7-2-10-37(29)16-21)19-40-28-33-26-14-30(8-1-4-20-5-6-23(39)12-25(20)30)41-18-24(26)27(34-28)36-9-3-11-38-22(17-36)15-32-35-38/h5-6,12,15,21,39H,1-4,7-11,13-14,16-19H2/t21-,29+,30?/m1/s1. The van der Waals surface area contributed by atoms with Crippen LogP contribution in [0.5, 0.6) is 11.8 Å². The molecule has 11 heteroatoms. The van der Waals surface area contributed by atoms with Crippen LogP contribution in [0.2, 0.25) is 0 Å². The Bertz CT molecular complexity index is 1480. The lowest BCUT2D eigenvalue weighted by molar-refractivity contribution is -0.0856. The molecule has 41 heavy (non-hydrogen) atoms. The first-order chi connectivity index (χ1) is 20.0. The van der Waals surface area contributed by atoms with Gasteiger partial charge in [0.15, 0.2) is 0 Å². The third-order valence-electron chi connectivity index (χ3n) is 9.99. The number of alkyl halides is 1. The van der Waals surface area contributed by atoms with Gasteiger partial charge in [0.05, 0.1) is 41.9 Å². The van der Waals surface area contributed by atoms with Gasteiger partial charge in [-0.3, -0.25) is 4.90 Å². The Hall–Kier alpha value is -3.31. The van der Waals surface area contributed by atoms with Gasteiger partial charge in [-0.15, -0.1) is 5.10 Å². The van der Waals surface area contributed by atoms with Crippen LogP contribution < -0.4 is 9.64 Å². The number of benzene rings is 1. The van der Waals surface area contributed by atoms with Crippen LogP contribution in [0.25, 0.3) is 0 Å². The van der Waals surface area contributed by atoms with Gasteiger partial charge in [-0.25, -0.2) is 9.07 Å². The molecule has 2 fully saturated rings. The molecule has 10 nitrogen and oxygen atoms in total. The molecule has 3 aromatic rings. The summed E-state index contributed by atoms with van der Waals surface area (Å²) in [5, 5.41) is 18.7. The molecule has 1 spiro atoms. The second-order valence-electron chi connectivity index (χ2n) is 12.5. The topological polar surface area (TPSA) is 102 Å². The maximum Gasteiger partial charge on any atom is 0.318 e. The smallest absolute Gasteiger partial charge is 0.318 e. The van der Waals surface area contributed by atoms with Crippen LogP contribution in [0, 0.1) is 0 Å². The molecule has 0 amide bonds. The molecule has 1 aromatic carbocycles. The van der Waals surface area contributed by atoms with Gasteiger partial charge < -0.3 is 19.5 Å². The Morgan fingerprint density at radius 3 is 3.02 bits per heavy atom. The van der Waals surface area contributed by atoms with Crippen molar-refractivity contribution in [2.75, 3.05) is 31.1 Å². The lowest BCUT2D eigenvalue weighted by atomic mass is 9.75. The number of anilines is 1. The van der Waals surface area contributed by atoms with Crippen LogP contribution in [0.4, 0.5) is 10.2 Å². The number of phenolic OH excluding ortho intramolecular Hbond substituents is 1. The molecule has 5 aliphatic rings. The van der Waals surface area contributed by atoms with Crippen molar-refractivity contribution in [1.82, 2.24) is 29.9 Å². The number of fused-ring (bicyclic) bond motifs is 5. The fourth-order valence-electron chi connectivity index (χ4n) is 7.99. The van der Waals surface area contributed by atoms with E-state index in [2.05, 4.69) is 20.1 Å². The minimum absolute atomic E-state index is 0.254. The second-order valence-corrected chi connectivity index (χ2v) is 12.5. The van der Waals surface area contributed by atoms with Crippen LogP contribution in [-0.4, -0.2) is 72.9 Å². The van der Waals surface area contributed by atoms with Crippen molar-refractivity contribution in [2.45, 2.75) is 88.4 Å². The van der Waals surface area contributed by atoms with Crippen LogP contribution >= 0.6 is 0 Å². The number of aromatic hydroxyl groups is 1. The molecule has 4 aliphatic heterocycles. The third-order valence-corrected chi connectivity index (χ3v) is 9.99. The third kappa shape index (κ3) is 4.27. The van der Waals surface area contributed by atoms with Gasteiger partial charge in [0, 0.05) is 38.0 Å². The summed E-state index contributed by atoms with van der Waals surface area (Å²) in [5.74, 6) is 1.08. The molecule has 2 saturated heterocycles. The zero-order valence-corrected chi connectivity index (χ0v) is 23.3. The molecule has 3 atom stereocenters. The first-order valence-corrected chi connectivity index (χ1v) is 15.0. The van der Waals surface area contributed by atoms with E-state index in [0.29, 0.717) is 45.2 Å². The van der Waals surface area contributed by atoms with Gasteiger partial charge in [-0.2, -0.15) is 9.97 Å². The zero-order chi connectivity index (χ0) is 27.6. The highest BCUT2D eigenvalue weighted by Crippen LogP contribution is 2.47. The van der Waals surface area contributed by atoms with E-state index in [-0.39, 0.29) is 11.3 Å². The number of ether oxygens (including phenoxy) is 2. The summed E-state index contributed by atoms with van der Waals surface area (Å²) in [6.45, 7) is 4.44. The maximum atomic E-state index is 14.5. The molecule has 0 saturated carbocycles. The predicted octanol–water partition coefficient (Wildman–Crippen LogP) is 3.44. The van der Waals surface area contributed by atoms with E-state index in [1.54, 1.807) is 6.07 Å². The molecule has 216 valence electrons. The number of aromatic nitrogens is 5.